The van der Waals surface area contributed by atoms with Gasteiger partial charge in [0.25, 0.3) is 0 Å². The van der Waals surface area contributed by atoms with Crippen LogP contribution in [0.5, 0.6) is 0 Å². The van der Waals surface area contributed by atoms with Crippen LogP contribution >= 0.6 is 0 Å². The fraction of sp³-hybridized carbons (Fsp3) is 0.500. The van der Waals surface area contributed by atoms with E-state index in [2.05, 4.69) is 4.74 Å². The molecule has 0 aromatic carbocycles. The highest BCUT2D eigenvalue weighted by Crippen LogP contribution is 2.19. The molecule has 0 aromatic heterocycles. The predicted molar refractivity (Wildman–Crippen MR) is 49.9 cm³/mol. The maximum Gasteiger partial charge on any atom is 0.416 e. The first-order chi connectivity index (χ1) is 7.18. The number of rotatable bonds is 1. The van der Waals surface area contributed by atoms with Gasteiger partial charge in [0, 0.05) is 6.42 Å². The number of carbonyl (C=O) groups is 3. The molecule has 80 valence electrons. The van der Waals surface area contributed by atoms with Crippen LogP contribution in [0.1, 0.15) is 12.8 Å². The number of ether oxygens (including phenoxy) is 1. The average Bonchev–Trinajstić information content (AvgIpc) is 2.65. The average molecular weight is 209 g/mol. The lowest BCUT2D eigenvalue weighted by molar-refractivity contribution is -0.131. The fourth-order valence-electron chi connectivity index (χ4n) is 1.70. The molecule has 0 bridgehead atoms. The van der Waals surface area contributed by atoms with E-state index in [9.17, 15) is 14.4 Å². The van der Waals surface area contributed by atoms with Crippen LogP contribution in [-0.4, -0.2) is 35.8 Å². The Bertz CT molecular complexity index is 347. The van der Waals surface area contributed by atoms with Crippen LogP contribution in [0, 0.1) is 5.92 Å². The van der Waals surface area contributed by atoms with Gasteiger partial charge in [0.05, 0.1) is 12.5 Å². The number of ketones is 1. The van der Waals surface area contributed by atoms with Gasteiger partial charge in [-0.2, -0.15) is 0 Å². The van der Waals surface area contributed by atoms with Gasteiger partial charge in [-0.3, -0.25) is 9.59 Å². The zero-order chi connectivity index (χ0) is 10.8. The normalized spacial score (nSPS) is 25.6. The van der Waals surface area contributed by atoms with Crippen LogP contribution in [-0.2, 0) is 14.3 Å². The number of nitrogens with zero attached hydrogens (tertiary/aromatic N) is 1. The molecule has 0 spiro atoms. The minimum absolute atomic E-state index is 0.0306. The number of imide groups is 1. The summed E-state index contributed by atoms with van der Waals surface area (Å²) >= 11 is 0. The van der Waals surface area contributed by atoms with Gasteiger partial charge in [0.1, 0.15) is 6.61 Å². The highest BCUT2D eigenvalue weighted by Gasteiger charge is 2.33. The molecule has 1 atom stereocenters. The van der Waals surface area contributed by atoms with Crippen molar-refractivity contribution in [2.45, 2.75) is 12.8 Å². The maximum absolute atomic E-state index is 11.8. The van der Waals surface area contributed by atoms with E-state index in [4.69, 9.17) is 0 Å². The van der Waals surface area contributed by atoms with Crippen molar-refractivity contribution in [2.75, 3.05) is 13.2 Å². The molecule has 1 aliphatic heterocycles. The summed E-state index contributed by atoms with van der Waals surface area (Å²) in [6, 6.07) is 0. The lowest BCUT2D eigenvalue weighted by Gasteiger charge is -2.18. The van der Waals surface area contributed by atoms with Gasteiger partial charge in [0.2, 0.25) is 5.91 Å². The second-order valence-electron chi connectivity index (χ2n) is 3.57. The first-order valence-electron chi connectivity index (χ1n) is 4.87. The van der Waals surface area contributed by atoms with E-state index in [1.807, 2.05) is 0 Å². The first-order valence-corrected chi connectivity index (χ1v) is 4.87. The number of cyclic esters (lactones) is 1. The van der Waals surface area contributed by atoms with Crippen molar-refractivity contribution in [3.8, 4) is 0 Å². The van der Waals surface area contributed by atoms with Crippen molar-refractivity contribution in [3.63, 3.8) is 0 Å². The van der Waals surface area contributed by atoms with Gasteiger partial charge in [-0.05, 0) is 12.5 Å². The Hall–Kier alpha value is -1.65. The van der Waals surface area contributed by atoms with Gasteiger partial charge in [-0.1, -0.05) is 6.08 Å². The monoisotopic (exact) mass is 209 g/mol. The summed E-state index contributed by atoms with van der Waals surface area (Å²) in [6.07, 6.45) is 3.26. The number of carbonyl (C=O) groups excluding carboxylic acids is 3. The topological polar surface area (TPSA) is 63.7 Å². The minimum Gasteiger partial charge on any atom is -0.447 e. The highest BCUT2D eigenvalue weighted by molar-refractivity contribution is 5.98. The Morgan fingerprint density at radius 3 is 2.80 bits per heavy atom. The maximum atomic E-state index is 11.8. The third-order valence-electron chi connectivity index (χ3n) is 2.56. The van der Waals surface area contributed by atoms with E-state index in [0.717, 1.165) is 4.90 Å². The van der Waals surface area contributed by atoms with Crippen LogP contribution in [0.2, 0.25) is 0 Å². The Kier molecular flexibility index (Phi) is 2.53. The quantitative estimate of drug-likeness (QED) is 0.630. The number of hydrogen-bond acceptors (Lipinski definition) is 4. The van der Waals surface area contributed by atoms with Crippen LogP contribution in [0.15, 0.2) is 12.2 Å². The van der Waals surface area contributed by atoms with Crippen LogP contribution < -0.4 is 0 Å². The summed E-state index contributed by atoms with van der Waals surface area (Å²) in [5.74, 6) is -0.586. The number of allylic oxidation sites excluding steroid dienone is 1. The molecule has 1 fully saturated rings. The Morgan fingerprint density at radius 1 is 1.47 bits per heavy atom. The summed E-state index contributed by atoms with van der Waals surface area (Å²) in [6.45, 7) is 0.579. The van der Waals surface area contributed by atoms with Crippen molar-refractivity contribution in [1.29, 1.82) is 0 Å². The fourth-order valence-corrected chi connectivity index (χ4v) is 1.70. The van der Waals surface area contributed by atoms with Crippen LogP contribution in [0.25, 0.3) is 0 Å². The zero-order valence-corrected chi connectivity index (χ0v) is 8.14. The van der Waals surface area contributed by atoms with Crippen LogP contribution in [0.4, 0.5) is 4.79 Å². The standard InChI is InChI=1S/C10H11NO4/c12-8-3-1-7(2-4-8)9(13)11-5-6-15-10(11)14/h1,3,7H,2,4-6H2/t7-/m1/s1. The molecule has 1 heterocycles. The molecule has 2 rings (SSSR count). The number of hydrogen-bond donors (Lipinski definition) is 0. The van der Waals surface area contributed by atoms with Crippen molar-refractivity contribution in [2.24, 2.45) is 5.92 Å². The number of amides is 2. The molecule has 5 nitrogen and oxygen atoms in total. The second-order valence-corrected chi connectivity index (χ2v) is 3.57. The van der Waals surface area contributed by atoms with Gasteiger partial charge in [0.15, 0.2) is 5.78 Å². The molecule has 0 N–H and O–H groups in total. The third-order valence-corrected chi connectivity index (χ3v) is 2.56. The van der Waals surface area contributed by atoms with Gasteiger partial charge >= 0.3 is 6.09 Å². The SMILES string of the molecule is O=C1C=C[C@@H](C(=O)N2CCOC2=O)CC1. The summed E-state index contributed by atoms with van der Waals surface area (Å²) in [5.41, 5.74) is 0. The van der Waals surface area contributed by atoms with E-state index in [0.29, 0.717) is 19.4 Å². The van der Waals surface area contributed by atoms with E-state index < -0.39 is 6.09 Å². The molecular weight excluding hydrogens is 198 g/mol. The van der Waals surface area contributed by atoms with Crippen molar-refractivity contribution in [1.82, 2.24) is 4.90 Å². The summed E-state index contributed by atoms with van der Waals surface area (Å²) in [4.78, 5) is 34.9. The Balaban J connectivity index is 2.05. The van der Waals surface area contributed by atoms with E-state index in [1.165, 1.54) is 6.08 Å². The molecule has 1 aliphatic carbocycles. The highest BCUT2D eigenvalue weighted by atomic mass is 16.6. The van der Waals surface area contributed by atoms with Gasteiger partial charge < -0.3 is 4.74 Å². The molecule has 2 amide bonds. The second kappa shape index (κ2) is 3.84. The zero-order valence-electron chi connectivity index (χ0n) is 8.14. The summed E-state index contributed by atoms with van der Waals surface area (Å²) < 4.78 is 4.67. The smallest absolute Gasteiger partial charge is 0.416 e. The molecule has 0 aromatic rings. The Labute approximate surface area is 86.7 Å². The molecule has 1 saturated heterocycles. The van der Waals surface area contributed by atoms with E-state index in [-0.39, 0.29) is 24.2 Å². The molecule has 2 aliphatic rings. The lowest BCUT2D eigenvalue weighted by atomic mass is 9.94. The predicted octanol–water partition coefficient (Wildman–Crippen LogP) is 0.500. The molecule has 0 saturated carbocycles. The largest absolute Gasteiger partial charge is 0.447 e. The van der Waals surface area contributed by atoms with E-state index in [1.54, 1.807) is 6.08 Å². The third kappa shape index (κ3) is 1.91. The van der Waals surface area contributed by atoms with E-state index >= 15 is 0 Å². The first kappa shape index (κ1) is 9.89. The van der Waals surface area contributed by atoms with Crippen molar-refractivity contribution < 1.29 is 19.1 Å². The molecule has 15 heavy (non-hydrogen) atoms. The lowest BCUT2D eigenvalue weighted by Crippen LogP contribution is -2.37. The van der Waals surface area contributed by atoms with Crippen molar-refractivity contribution in [3.05, 3.63) is 12.2 Å². The minimum atomic E-state index is -0.578. The Morgan fingerprint density at radius 2 is 2.27 bits per heavy atom. The van der Waals surface area contributed by atoms with Crippen molar-refractivity contribution >= 4 is 17.8 Å². The molecular formula is C10H11NO4. The van der Waals surface area contributed by atoms with Crippen LogP contribution in [0.3, 0.4) is 0 Å². The molecule has 5 heteroatoms. The van der Waals surface area contributed by atoms with Gasteiger partial charge in [-0.15, -0.1) is 0 Å². The molecule has 0 radical (unpaired) electrons. The molecule has 0 unspecified atom stereocenters. The summed E-state index contributed by atoms with van der Waals surface area (Å²) in [5, 5.41) is 0. The van der Waals surface area contributed by atoms with Gasteiger partial charge in [-0.25, -0.2) is 9.69 Å². The summed E-state index contributed by atoms with van der Waals surface area (Å²) in [7, 11) is 0.